The number of thioether (sulfide) groups is 1. The van der Waals surface area contributed by atoms with E-state index in [9.17, 15) is 0 Å². The number of hydrogen-bond acceptors (Lipinski definition) is 3. The van der Waals surface area contributed by atoms with E-state index in [1.807, 2.05) is 36.0 Å². The predicted molar refractivity (Wildman–Crippen MR) is 61.2 cm³/mol. The number of anilines is 1. The number of aromatic nitrogens is 1. The quantitative estimate of drug-likeness (QED) is 0.713. The number of nitrogen functional groups attached to an aromatic ring is 1. The van der Waals surface area contributed by atoms with Crippen LogP contribution >= 0.6 is 11.8 Å². The average Bonchev–Trinajstić information content (AvgIpc) is 2.66. The second-order valence-electron chi connectivity index (χ2n) is 3.46. The summed E-state index contributed by atoms with van der Waals surface area (Å²) in [5, 5.41) is 1.09. The van der Waals surface area contributed by atoms with Gasteiger partial charge >= 0.3 is 0 Å². The third-order valence-electron chi connectivity index (χ3n) is 2.61. The first-order valence-electron chi connectivity index (χ1n) is 4.60. The van der Waals surface area contributed by atoms with E-state index in [2.05, 4.69) is 4.98 Å². The molecule has 70 valence electrons. The molecule has 3 heteroatoms. The smallest absolute Gasteiger partial charge is 0.0726 e. The van der Waals surface area contributed by atoms with Gasteiger partial charge in [-0.1, -0.05) is 18.2 Å². The Hall–Kier alpha value is -1.22. The van der Waals surface area contributed by atoms with Gasteiger partial charge in [0.2, 0.25) is 0 Å². The van der Waals surface area contributed by atoms with Crippen molar-refractivity contribution in [2.45, 2.75) is 11.5 Å². The van der Waals surface area contributed by atoms with Crippen molar-refractivity contribution in [2.75, 3.05) is 5.73 Å². The largest absolute Gasteiger partial charge is 0.398 e. The first-order valence-corrected chi connectivity index (χ1v) is 5.75. The minimum atomic E-state index is 0.926. The van der Waals surface area contributed by atoms with Crippen molar-refractivity contribution in [1.29, 1.82) is 0 Å². The van der Waals surface area contributed by atoms with Crippen molar-refractivity contribution in [3.63, 3.8) is 0 Å². The van der Waals surface area contributed by atoms with Crippen molar-refractivity contribution in [2.24, 2.45) is 0 Å². The normalized spacial score (nSPS) is 14.6. The molecule has 2 nitrogen and oxygen atoms in total. The van der Waals surface area contributed by atoms with Gasteiger partial charge in [-0.2, -0.15) is 11.8 Å². The highest BCUT2D eigenvalue weighted by Gasteiger charge is 2.17. The lowest BCUT2D eigenvalue weighted by atomic mass is 10.1. The summed E-state index contributed by atoms with van der Waals surface area (Å²) in [5.41, 5.74) is 10.5. The van der Waals surface area contributed by atoms with Gasteiger partial charge in [-0.05, 0) is 6.07 Å². The number of hydrogen-bond donors (Lipinski definition) is 1. The Morgan fingerprint density at radius 2 is 2.07 bits per heavy atom. The predicted octanol–water partition coefficient (Wildman–Crippen LogP) is 2.56. The van der Waals surface area contributed by atoms with Crippen molar-refractivity contribution in [3.05, 3.63) is 35.5 Å². The minimum absolute atomic E-state index is 0.926. The van der Waals surface area contributed by atoms with Crippen LogP contribution in [0.15, 0.2) is 24.3 Å². The molecule has 0 saturated carbocycles. The molecule has 0 saturated heterocycles. The highest BCUT2D eigenvalue weighted by atomic mass is 32.2. The van der Waals surface area contributed by atoms with Gasteiger partial charge in [-0.15, -0.1) is 0 Å². The average molecular weight is 202 g/mol. The van der Waals surface area contributed by atoms with E-state index >= 15 is 0 Å². The molecular weight excluding hydrogens is 192 g/mol. The highest BCUT2D eigenvalue weighted by Crippen LogP contribution is 2.35. The van der Waals surface area contributed by atoms with Crippen molar-refractivity contribution < 1.29 is 0 Å². The molecule has 1 aliphatic rings. The third-order valence-corrected chi connectivity index (χ3v) is 3.58. The SMILES string of the molecule is Nc1c2c(nc3ccccc13)CSC2. The fourth-order valence-corrected chi connectivity index (χ4v) is 2.92. The van der Waals surface area contributed by atoms with Gasteiger partial charge in [0.05, 0.1) is 11.2 Å². The van der Waals surface area contributed by atoms with Crippen molar-refractivity contribution >= 4 is 28.4 Å². The van der Waals surface area contributed by atoms with Gasteiger partial charge in [0.25, 0.3) is 0 Å². The van der Waals surface area contributed by atoms with Crippen LogP contribution in [-0.2, 0) is 11.5 Å². The molecule has 1 aliphatic heterocycles. The van der Waals surface area contributed by atoms with Crippen LogP contribution in [0.5, 0.6) is 0 Å². The zero-order valence-corrected chi connectivity index (χ0v) is 8.47. The molecular formula is C11H10N2S. The Bertz CT molecular complexity index is 508. The number of nitrogens with zero attached hydrogens (tertiary/aromatic N) is 1. The maximum absolute atomic E-state index is 6.12. The van der Waals surface area contributed by atoms with Crippen molar-refractivity contribution in [1.82, 2.24) is 4.98 Å². The standard InChI is InChI=1S/C11H10N2S/c12-11-7-3-1-2-4-9(7)13-10-6-14-5-8(10)11/h1-4H,5-6H2,(H2,12,13). The van der Waals surface area contributed by atoms with Gasteiger partial charge in [0.15, 0.2) is 0 Å². The lowest BCUT2D eigenvalue weighted by molar-refractivity contribution is 1.20. The maximum Gasteiger partial charge on any atom is 0.0726 e. The van der Waals surface area contributed by atoms with Crippen LogP contribution in [0.1, 0.15) is 11.3 Å². The third kappa shape index (κ3) is 1.02. The lowest BCUT2D eigenvalue weighted by Crippen LogP contribution is -1.97. The summed E-state index contributed by atoms with van der Waals surface area (Å²) >= 11 is 1.89. The Balaban J connectivity index is 2.44. The van der Waals surface area contributed by atoms with Gasteiger partial charge in [0, 0.05) is 28.1 Å². The summed E-state index contributed by atoms with van der Waals surface area (Å²) < 4.78 is 0. The van der Waals surface area contributed by atoms with E-state index in [0.717, 1.165) is 28.1 Å². The number of pyridine rings is 1. The van der Waals surface area contributed by atoms with E-state index in [0.29, 0.717) is 0 Å². The van der Waals surface area contributed by atoms with Gasteiger partial charge in [-0.3, -0.25) is 4.98 Å². The van der Waals surface area contributed by atoms with E-state index in [-0.39, 0.29) is 0 Å². The second-order valence-corrected chi connectivity index (χ2v) is 4.45. The summed E-state index contributed by atoms with van der Waals surface area (Å²) in [7, 11) is 0. The molecule has 0 aliphatic carbocycles. The maximum atomic E-state index is 6.12. The molecule has 2 aromatic rings. The lowest BCUT2D eigenvalue weighted by Gasteiger charge is -2.06. The highest BCUT2D eigenvalue weighted by molar-refractivity contribution is 7.98. The molecule has 0 radical (unpaired) electrons. The van der Waals surface area contributed by atoms with Crippen LogP contribution in [0.4, 0.5) is 5.69 Å². The Kier molecular flexibility index (Phi) is 1.67. The summed E-state index contributed by atoms with van der Waals surface area (Å²) in [4.78, 5) is 4.62. The molecule has 3 rings (SSSR count). The van der Waals surface area contributed by atoms with Crippen LogP contribution in [0.25, 0.3) is 10.9 Å². The number of para-hydroxylation sites is 1. The fourth-order valence-electron chi connectivity index (χ4n) is 1.86. The van der Waals surface area contributed by atoms with Gasteiger partial charge < -0.3 is 5.73 Å². The van der Waals surface area contributed by atoms with Crippen molar-refractivity contribution in [3.8, 4) is 0 Å². The number of nitrogens with two attached hydrogens (primary N) is 1. The molecule has 1 aromatic carbocycles. The number of benzene rings is 1. The van der Waals surface area contributed by atoms with Gasteiger partial charge in [0.1, 0.15) is 0 Å². The number of rotatable bonds is 0. The van der Waals surface area contributed by atoms with E-state index in [1.54, 1.807) is 0 Å². The first kappa shape index (κ1) is 8.12. The molecule has 1 aromatic heterocycles. The number of fused-ring (bicyclic) bond motifs is 2. The van der Waals surface area contributed by atoms with E-state index in [4.69, 9.17) is 5.73 Å². The Morgan fingerprint density at radius 1 is 1.21 bits per heavy atom. The monoisotopic (exact) mass is 202 g/mol. The molecule has 2 N–H and O–H groups in total. The van der Waals surface area contributed by atoms with Crippen LogP contribution in [-0.4, -0.2) is 4.98 Å². The topological polar surface area (TPSA) is 38.9 Å². The molecule has 0 spiro atoms. The molecule has 0 fully saturated rings. The Morgan fingerprint density at radius 3 is 3.00 bits per heavy atom. The van der Waals surface area contributed by atoms with E-state index < -0.39 is 0 Å². The van der Waals surface area contributed by atoms with Crippen LogP contribution in [0, 0.1) is 0 Å². The van der Waals surface area contributed by atoms with Crippen LogP contribution < -0.4 is 5.73 Å². The van der Waals surface area contributed by atoms with Crippen LogP contribution in [0.2, 0.25) is 0 Å². The van der Waals surface area contributed by atoms with Crippen LogP contribution in [0.3, 0.4) is 0 Å². The molecule has 2 heterocycles. The summed E-state index contributed by atoms with van der Waals surface area (Å²) in [6.45, 7) is 0. The molecule has 0 amide bonds. The molecule has 0 bridgehead atoms. The molecule has 14 heavy (non-hydrogen) atoms. The molecule has 0 unspecified atom stereocenters. The fraction of sp³-hybridized carbons (Fsp3) is 0.182. The van der Waals surface area contributed by atoms with E-state index in [1.165, 1.54) is 11.3 Å². The zero-order chi connectivity index (χ0) is 9.54. The first-order chi connectivity index (χ1) is 6.86. The summed E-state index contributed by atoms with van der Waals surface area (Å²) in [5.74, 6) is 2.02. The minimum Gasteiger partial charge on any atom is -0.398 e. The van der Waals surface area contributed by atoms with Gasteiger partial charge in [-0.25, -0.2) is 0 Å². The summed E-state index contributed by atoms with van der Waals surface area (Å²) in [6.07, 6.45) is 0. The molecule has 0 atom stereocenters. The Labute approximate surface area is 86.5 Å². The zero-order valence-electron chi connectivity index (χ0n) is 7.66. The summed E-state index contributed by atoms with van der Waals surface area (Å²) in [6, 6.07) is 8.08. The second kappa shape index (κ2) is 2.89.